The lowest BCUT2D eigenvalue weighted by Crippen LogP contribution is -2.46. The van der Waals surface area contributed by atoms with Gasteiger partial charge in [-0.05, 0) is 62.1 Å². The minimum absolute atomic E-state index is 0. The summed E-state index contributed by atoms with van der Waals surface area (Å²) in [6.45, 7) is 10.4. The predicted octanol–water partition coefficient (Wildman–Crippen LogP) is 5.14. The maximum atomic E-state index is 6.08. The molecule has 2 aliphatic rings. The van der Waals surface area contributed by atoms with Crippen molar-refractivity contribution >= 4 is 30.5 Å². The summed E-state index contributed by atoms with van der Waals surface area (Å²) in [7, 11) is 0. The van der Waals surface area contributed by atoms with E-state index in [1.54, 1.807) is 0 Å². The van der Waals surface area contributed by atoms with E-state index in [2.05, 4.69) is 72.2 Å². The molecule has 2 aliphatic heterocycles. The van der Waals surface area contributed by atoms with Crippen molar-refractivity contribution in [2.45, 2.75) is 38.9 Å². The third kappa shape index (κ3) is 6.27. The molecule has 1 atom stereocenters. The number of rotatable bonds is 6. The zero-order valence-corrected chi connectivity index (χ0v) is 19.6. The van der Waals surface area contributed by atoms with Gasteiger partial charge in [-0.25, -0.2) is 0 Å². The Hall–Kier alpha value is -1.46. The summed E-state index contributed by atoms with van der Waals surface area (Å²) >= 11 is 0. The Morgan fingerprint density at radius 3 is 2.37 bits per heavy atom. The topological polar surface area (TPSA) is 24.9 Å². The molecule has 0 saturated carbocycles. The molecule has 0 aliphatic carbocycles. The molecule has 2 heterocycles. The second kappa shape index (κ2) is 11.8. The third-order valence-corrected chi connectivity index (χ3v) is 5.75. The van der Waals surface area contributed by atoms with Crippen LogP contribution < -0.4 is 9.64 Å². The van der Waals surface area contributed by atoms with Crippen LogP contribution in [0, 0.1) is 0 Å². The monoisotopic (exact) mass is 452 g/mol. The standard InChI is InChI=1S/C24H32N2O2.2ClH/c1-19(2)28-22-9-7-21(8-10-22)26-16-14-25(15-17-26)13-11-24-23-6-4-3-5-20(23)12-18-27-24;;/h3-10,19,24H,11-18H2,1-2H3;2*1H. The zero-order valence-electron chi connectivity index (χ0n) is 18.0. The van der Waals surface area contributed by atoms with Crippen LogP contribution in [0.1, 0.15) is 37.5 Å². The molecule has 1 unspecified atom stereocenters. The van der Waals surface area contributed by atoms with Gasteiger partial charge >= 0.3 is 0 Å². The molecule has 4 rings (SSSR count). The fraction of sp³-hybridized carbons (Fsp3) is 0.500. The Bertz CT molecular complexity index is 762. The van der Waals surface area contributed by atoms with Gasteiger partial charge in [0.05, 0.1) is 18.8 Å². The molecule has 0 radical (unpaired) electrons. The Kier molecular flexibility index (Phi) is 9.76. The number of hydrogen-bond acceptors (Lipinski definition) is 4. The fourth-order valence-electron chi connectivity index (χ4n) is 4.25. The number of nitrogens with zero attached hydrogens (tertiary/aromatic N) is 2. The number of ether oxygens (including phenoxy) is 2. The number of halogens is 2. The predicted molar refractivity (Wildman–Crippen MR) is 129 cm³/mol. The van der Waals surface area contributed by atoms with Gasteiger partial charge in [-0.1, -0.05) is 24.3 Å². The van der Waals surface area contributed by atoms with E-state index in [9.17, 15) is 0 Å². The average Bonchev–Trinajstić information content (AvgIpc) is 2.73. The molecule has 0 amide bonds. The number of benzene rings is 2. The second-order valence-corrected chi connectivity index (χ2v) is 8.09. The van der Waals surface area contributed by atoms with Crippen LogP contribution in [0.4, 0.5) is 5.69 Å². The lowest BCUT2D eigenvalue weighted by atomic mass is 9.95. The van der Waals surface area contributed by atoms with Crippen molar-refractivity contribution in [3.8, 4) is 5.75 Å². The van der Waals surface area contributed by atoms with Crippen LogP contribution in [0.2, 0.25) is 0 Å². The van der Waals surface area contributed by atoms with Gasteiger partial charge in [0.2, 0.25) is 0 Å². The molecular weight excluding hydrogens is 419 g/mol. The first kappa shape index (κ1) is 24.8. The van der Waals surface area contributed by atoms with Gasteiger partial charge in [0.1, 0.15) is 5.75 Å². The highest BCUT2D eigenvalue weighted by molar-refractivity contribution is 5.85. The SMILES string of the molecule is CC(C)Oc1ccc(N2CCN(CCC3OCCc4ccccc43)CC2)cc1.Cl.Cl. The van der Waals surface area contributed by atoms with Crippen LogP contribution in [-0.4, -0.2) is 50.3 Å². The van der Waals surface area contributed by atoms with Crippen LogP contribution in [0.25, 0.3) is 0 Å². The Balaban J connectivity index is 0.00000160. The molecule has 166 valence electrons. The third-order valence-electron chi connectivity index (χ3n) is 5.75. The molecule has 1 fully saturated rings. The van der Waals surface area contributed by atoms with Gasteiger partial charge in [0, 0.05) is 38.4 Å². The van der Waals surface area contributed by atoms with Crippen LogP contribution in [0.5, 0.6) is 5.75 Å². The molecule has 0 bridgehead atoms. The van der Waals surface area contributed by atoms with Crippen molar-refractivity contribution in [3.05, 3.63) is 59.7 Å². The summed E-state index contributed by atoms with van der Waals surface area (Å²) in [6.07, 6.45) is 2.61. The van der Waals surface area contributed by atoms with Gasteiger partial charge in [-0.3, -0.25) is 4.90 Å². The minimum atomic E-state index is 0. The van der Waals surface area contributed by atoms with Gasteiger partial charge in [0.15, 0.2) is 0 Å². The van der Waals surface area contributed by atoms with Gasteiger partial charge in [-0.2, -0.15) is 0 Å². The number of fused-ring (bicyclic) bond motifs is 1. The summed E-state index contributed by atoms with van der Waals surface area (Å²) in [4.78, 5) is 5.05. The Labute approximate surface area is 193 Å². The fourth-order valence-corrected chi connectivity index (χ4v) is 4.25. The molecule has 2 aromatic carbocycles. The molecule has 1 saturated heterocycles. The molecule has 2 aromatic rings. The first-order valence-corrected chi connectivity index (χ1v) is 10.6. The van der Waals surface area contributed by atoms with E-state index in [1.807, 2.05) is 0 Å². The molecule has 0 N–H and O–H groups in total. The number of piperazine rings is 1. The quantitative estimate of drug-likeness (QED) is 0.605. The highest BCUT2D eigenvalue weighted by atomic mass is 35.5. The second-order valence-electron chi connectivity index (χ2n) is 8.09. The zero-order chi connectivity index (χ0) is 19.3. The van der Waals surface area contributed by atoms with Crippen molar-refractivity contribution < 1.29 is 9.47 Å². The smallest absolute Gasteiger partial charge is 0.119 e. The van der Waals surface area contributed by atoms with Gasteiger partial charge in [-0.15, -0.1) is 24.8 Å². The van der Waals surface area contributed by atoms with E-state index in [1.165, 1.54) is 16.8 Å². The molecule has 4 nitrogen and oxygen atoms in total. The summed E-state index contributed by atoms with van der Waals surface area (Å²) in [6, 6.07) is 17.3. The number of hydrogen-bond donors (Lipinski definition) is 0. The van der Waals surface area contributed by atoms with Crippen LogP contribution in [0.15, 0.2) is 48.5 Å². The van der Waals surface area contributed by atoms with Crippen molar-refractivity contribution in [2.24, 2.45) is 0 Å². The summed E-state index contributed by atoms with van der Waals surface area (Å²) < 4.78 is 11.8. The maximum Gasteiger partial charge on any atom is 0.119 e. The van der Waals surface area contributed by atoms with Crippen molar-refractivity contribution in [2.75, 3.05) is 44.2 Å². The molecule has 0 spiro atoms. The average molecular weight is 453 g/mol. The van der Waals surface area contributed by atoms with Crippen LogP contribution in [0.3, 0.4) is 0 Å². The first-order chi connectivity index (χ1) is 13.7. The minimum Gasteiger partial charge on any atom is -0.491 e. The molecule has 30 heavy (non-hydrogen) atoms. The van der Waals surface area contributed by atoms with E-state index in [4.69, 9.17) is 9.47 Å². The van der Waals surface area contributed by atoms with Crippen LogP contribution >= 0.6 is 24.8 Å². The summed E-state index contributed by atoms with van der Waals surface area (Å²) in [5.41, 5.74) is 4.16. The van der Waals surface area contributed by atoms with Crippen molar-refractivity contribution in [3.63, 3.8) is 0 Å². The lowest BCUT2D eigenvalue weighted by Gasteiger charge is -2.37. The largest absolute Gasteiger partial charge is 0.491 e. The van der Waals surface area contributed by atoms with Crippen LogP contribution in [-0.2, 0) is 11.2 Å². The van der Waals surface area contributed by atoms with E-state index in [0.717, 1.165) is 57.9 Å². The molecule has 6 heteroatoms. The summed E-state index contributed by atoms with van der Waals surface area (Å²) in [5.74, 6) is 0.949. The first-order valence-electron chi connectivity index (χ1n) is 10.6. The molecule has 0 aromatic heterocycles. The highest BCUT2D eigenvalue weighted by Gasteiger charge is 2.23. The normalized spacial score (nSPS) is 18.9. The van der Waals surface area contributed by atoms with E-state index in [-0.39, 0.29) is 37.0 Å². The highest BCUT2D eigenvalue weighted by Crippen LogP contribution is 2.30. The van der Waals surface area contributed by atoms with E-state index >= 15 is 0 Å². The summed E-state index contributed by atoms with van der Waals surface area (Å²) in [5, 5.41) is 0. The maximum absolute atomic E-state index is 6.08. The molecular formula is C24H34Cl2N2O2. The van der Waals surface area contributed by atoms with Crippen molar-refractivity contribution in [1.29, 1.82) is 0 Å². The van der Waals surface area contributed by atoms with Gasteiger partial charge in [0.25, 0.3) is 0 Å². The Morgan fingerprint density at radius 1 is 0.967 bits per heavy atom. The van der Waals surface area contributed by atoms with E-state index in [0.29, 0.717) is 0 Å². The van der Waals surface area contributed by atoms with Crippen molar-refractivity contribution in [1.82, 2.24) is 4.90 Å². The Morgan fingerprint density at radius 2 is 1.67 bits per heavy atom. The van der Waals surface area contributed by atoms with Gasteiger partial charge < -0.3 is 14.4 Å². The van der Waals surface area contributed by atoms with E-state index < -0.39 is 0 Å². The lowest BCUT2D eigenvalue weighted by molar-refractivity contribution is 0.0289. The number of anilines is 1.